The average molecular weight is 490 g/mol. The Labute approximate surface area is 202 Å². The number of carbonyl (C=O) groups is 2. The molecule has 9 heteroatoms. The van der Waals surface area contributed by atoms with Crippen molar-refractivity contribution in [3.8, 4) is 5.75 Å². The van der Waals surface area contributed by atoms with E-state index in [-0.39, 0.29) is 12.5 Å². The minimum absolute atomic E-state index is 0.132. The molecular weight excluding hydrogens is 454 g/mol. The van der Waals surface area contributed by atoms with E-state index in [0.717, 1.165) is 21.7 Å². The fraction of sp³-hybridized carbons (Fsp3) is 0.440. The first kappa shape index (κ1) is 27.2. The van der Waals surface area contributed by atoms with Gasteiger partial charge in [-0.25, -0.2) is 8.42 Å². The number of anilines is 1. The van der Waals surface area contributed by atoms with Gasteiger partial charge >= 0.3 is 0 Å². The van der Waals surface area contributed by atoms with Crippen molar-refractivity contribution in [2.75, 3.05) is 24.2 Å². The van der Waals surface area contributed by atoms with E-state index in [1.165, 1.54) is 4.90 Å². The Balaban J connectivity index is 2.38. The molecule has 0 unspecified atom stereocenters. The second-order valence-corrected chi connectivity index (χ2v) is 11.3. The number of nitrogens with one attached hydrogen (secondary N) is 1. The number of rotatable bonds is 9. The summed E-state index contributed by atoms with van der Waals surface area (Å²) in [5.74, 6) is -0.142. The van der Waals surface area contributed by atoms with E-state index < -0.39 is 34.1 Å². The molecule has 8 nitrogen and oxygen atoms in total. The highest BCUT2D eigenvalue weighted by molar-refractivity contribution is 7.92. The predicted octanol–water partition coefficient (Wildman–Crippen LogP) is 3.10. The van der Waals surface area contributed by atoms with Gasteiger partial charge in [0.1, 0.15) is 18.3 Å². The molecule has 2 aromatic rings. The number of ether oxygens (including phenoxy) is 1. The van der Waals surface area contributed by atoms with Crippen LogP contribution in [-0.4, -0.2) is 56.6 Å². The zero-order chi connectivity index (χ0) is 25.7. The Morgan fingerprint density at radius 1 is 1.03 bits per heavy atom. The Hall–Kier alpha value is -3.07. The number of carbonyl (C=O) groups excluding carboxylic acids is 2. The number of benzene rings is 2. The standard InChI is InChI=1S/C25H35N3O5S/c1-18-8-12-21(13-9-18)28(34(7,31)32)17-23(29)27(19(2)24(30)26-25(3,4)5)16-20-10-14-22(33-6)15-11-20/h8-15,19H,16-17H2,1-7H3,(H,26,30)/t19-/m1/s1. The molecule has 1 atom stereocenters. The minimum Gasteiger partial charge on any atom is -0.497 e. The van der Waals surface area contributed by atoms with E-state index in [1.54, 1.807) is 50.4 Å². The van der Waals surface area contributed by atoms with Crippen LogP contribution in [0.4, 0.5) is 5.69 Å². The van der Waals surface area contributed by atoms with E-state index >= 15 is 0 Å². The number of hydrogen-bond acceptors (Lipinski definition) is 5. The van der Waals surface area contributed by atoms with Gasteiger partial charge in [0.05, 0.1) is 19.1 Å². The molecule has 0 aromatic heterocycles. The van der Waals surface area contributed by atoms with Crippen molar-refractivity contribution in [3.05, 3.63) is 59.7 Å². The number of nitrogens with zero attached hydrogens (tertiary/aromatic N) is 2. The van der Waals surface area contributed by atoms with E-state index in [2.05, 4.69) is 5.32 Å². The van der Waals surface area contributed by atoms with E-state index in [4.69, 9.17) is 4.74 Å². The average Bonchev–Trinajstić information content (AvgIpc) is 2.74. The molecule has 34 heavy (non-hydrogen) atoms. The zero-order valence-corrected chi connectivity index (χ0v) is 21.8. The summed E-state index contributed by atoms with van der Waals surface area (Å²) in [4.78, 5) is 27.8. The van der Waals surface area contributed by atoms with Gasteiger partial charge in [-0.05, 0) is 64.4 Å². The molecule has 0 aliphatic heterocycles. The number of aryl methyl sites for hydroxylation is 1. The Bertz CT molecular complexity index is 1090. The third-order valence-electron chi connectivity index (χ3n) is 5.18. The predicted molar refractivity (Wildman–Crippen MR) is 134 cm³/mol. The van der Waals surface area contributed by atoms with Gasteiger partial charge in [0.15, 0.2) is 0 Å². The number of amides is 2. The maximum Gasteiger partial charge on any atom is 0.244 e. The van der Waals surface area contributed by atoms with Crippen molar-refractivity contribution in [3.63, 3.8) is 0 Å². The third kappa shape index (κ3) is 7.76. The van der Waals surface area contributed by atoms with Crippen molar-refractivity contribution in [1.29, 1.82) is 0 Å². The van der Waals surface area contributed by atoms with Crippen molar-refractivity contribution < 1.29 is 22.7 Å². The van der Waals surface area contributed by atoms with Gasteiger partial charge < -0.3 is 15.0 Å². The lowest BCUT2D eigenvalue weighted by Crippen LogP contribution is -2.54. The molecule has 2 aromatic carbocycles. The molecule has 186 valence electrons. The molecule has 0 fully saturated rings. The van der Waals surface area contributed by atoms with E-state index in [0.29, 0.717) is 11.4 Å². The van der Waals surface area contributed by atoms with Crippen LogP contribution in [0.25, 0.3) is 0 Å². The summed E-state index contributed by atoms with van der Waals surface area (Å²) in [7, 11) is -2.18. The minimum atomic E-state index is -3.75. The van der Waals surface area contributed by atoms with E-state index in [9.17, 15) is 18.0 Å². The Morgan fingerprint density at radius 2 is 1.59 bits per heavy atom. The molecule has 0 aliphatic carbocycles. The fourth-order valence-electron chi connectivity index (χ4n) is 3.31. The summed E-state index contributed by atoms with van der Waals surface area (Å²) in [5.41, 5.74) is 1.65. The summed E-state index contributed by atoms with van der Waals surface area (Å²) >= 11 is 0. The summed E-state index contributed by atoms with van der Waals surface area (Å²) in [6, 6.07) is 13.2. The second kappa shape index (κ2) is 10.9. The summed E-state index contributed by atoms with van der Waals surface area (Å²) in [6.45, 7) is 8.81. The molecule has 0 saturated carbocycles. The van der Waals surface area contributed by atoms with Crippen LogP contribution in [0.5, 0.6) is 5.75 Å². The highest BCUT2D eigenvalue weighted by Crippen LogP contribution is 2.20. The Morgan fingerprint density at radius 3 is 2.06 bits per heavy atom. The molecule has 2 amide bonds. The van der Waals surface area contributed by atoms with Gasteiger partial charge in [0.2, 0.25) is 21.8 Å². The summed E-state index contributed by atoms with van der Waals surface area (Å²) in [6.07, 6.45) is 1.06. The molecule has 0 radical (unpaired) electrons. The molecule has 2 rings (SSSR count). The maximum absolute atomic E-state index is 13.5. The van der Waals surface area contributed by atoms with Gasteiger partial charge in [0.25, 0.3) is 0 Å². The summed E-state index contributed by atoms with van der Waals surface area (Å²) in [5, 5.41) is 2.90. The fourth-order valence-corrected chi connectivity index (χ4v) is 4.16. The summed E-state index contributed by atoms with van der Waals surface area (Å²) < 4.78 is 31.4. The van der Waals surface area contributed by atoms with Crippen molar-refractivity contribution in [2.24, 2.45) is 0 Å². The van der Waals surface area contributed by atoms with Crippen LogP contribution >= 0.6 is 0 Å². The smallest absolute Gasteiger partial charge is 0.244 e. The van der Waals surface area contributed by atoms with Gasteiger partial charge in [-0.15, -0.1) is 0 Å². The quantitative estimate of drug-likeness (QED) is 0.584. The normalized spacial score (nSPS) is 12.6. The van der Waals surface area contributed by atoms with Gasteiger partial charge in [-0.3, -0.25) is 13.9 Å². The molecule has 0 spiro atoms. The molecular formula is C25H35N3O5S. The van der Waals surface area contributed by atoms with Crippen LogP contribution in [0.1, 0.15) is 38.8 Å². The largest absolute Gasteiger partial charge is 0.497 e. The zero-order valence-electron chi connectivity index (χ0n) is 21.0. The number of hydrogen-bond donors (Lipinski definition) is 1. The first-order chi connectivity index (χ1) is 15.7. The van der Waals surface area contributed by atoms with E-state index in [1.807, 2.05) is 39.8 Å². The maximum atomic E-state index is 13.5. The lowest BCUT2D eigenvalue weighted by molar-refractivity contribution is -0.140. The van der Waals surface area contributed by atoms with Crippen LogP contribution in [0.3, 0.4) is 0 Å². The monoisotopic (exact) mass is 489 g/mol. The SMILES string of the molecule is COc1ccc(CN(C(=O)CN(c2ccc(C)cc2)S(C)(=O)=O)[C@H](C)C(=O)NC(C)(C)C)cc1. The molecule has 0 heterocycles. The van der Waals surface area contributed by atoms with Crippen LogP contribution in [0.15, 0.2) is 48.5 Å². The van der Waals surface area contributed by atoms with Gasteiger partial charge in [0, 0.05) is 12.1 Å². The van der Waals surface area contributed by atoms with Crippen molar-refractivity contribution in [2.45, 2.75) is 52.7 Å². The van der Waals surface area contributed by atoms with Gasteiger partial charge in [-0.1, -0.05) is 29.8 Å². The highest BCUT2D eigenvalue weighted by atomic mass is 32.2. The Kier molecular flexibility index (Phi) is 8.72. The van der Waals surface area contributed by atoms with Crippen LogP contribution in [0, 0.1) is 6.92 Å². The van der Waals surface area contributed by atoms with Crippen LogP contribution in [0.2, 0.25) is 0 Å². The second-order valence-electron chi connectivity index (χ2n) is 9.39. The first-order valence-corrected chi connectivity index (χ1v) is 12.8. The molecule has 1 N–H and O–H groups in total. The lowest BCUT2D eigenvalue weighted by Gasteiger charge is -2.33. The van der Waals surface area contributed by atoms with Crippen LogP contribution in [-0.2, 0) is 26.2 Å². The first-order valence-electron chi connectivity index (χ1n) is 11.0. The molecule has 0 bridgehead atoms. The molecule has 0 saturated heterocycles. The van der Waals surface area contributed by atoms with Gasteiger partial charge in [-0.2, -0.15) is 0 Å². The van der Waals surface area contributed by atoms with Crippen LogP contribution < -0.4 is 14.4 Å². The lowest BCUT2D eigenvalue weighted by atomic mass is 10.1. The highest BCUT2D eigenvalue weighted by Gasteiger charge is 2.31. The number of sulfonamides is 1. The van der Waals surface area contributed by atoms with Crippen molar-refractivity contribution in [1.82, 2.24) is 10.2 Å². The topological polar surface area (TPSA) is 96.0 Å². The van der Waals surface area contributed by atoms with Crippen molar-refractivity contribution >= 4 is 27.5 Å². The third-order valence-corrected chi connectivity index (χ3v) is 6.32. The number of methoxy groups -OCH3 is 1. The molecule has 0 aliphatic rings.